The van der Waals surface area contributed by atoms with E-state index in [1.807, 2.05) is 24.3 Å². The van der Waals surface area contributed by atoms with E-state index in [2.05, 4.69) is 9.62 Å². The maximum atomic E-state index is 12.8. The summed E-state index contributed by atoms with van der Waals surface area (Å²) >= 11 is 0. The van der Waals surface area contributed by atoms with E-state index in [4.69, 9.17) is 4.74 Å². The van der Waals surface area contributed by atoms with Gasteiger partial charge in [-0.3, -0.25) is 9.69 Å². The molecule has 1 aliphatic heterocycles. The molecular weight excluding hydrogens is 388 g/mol. The van der Waals surface area contributed by atoms with E-state index in [0.717, 1.165) is 37.2 Å². The first-order valence-electron chi connectivity index (χ1n) is 9.89. The summed E-state index contributed by atoms with van der Waals surface area (Å²) in [5, 5.41) is 0. The highest BCUT2D eigenvalue weighted by Crippen LogP contribution is 2.26. The van der Waals surface area contributed by atoms with Crippen molar-refractivity contribution in [2.24, 2.45) is 0 Å². The van der Waals surface area contributed by atoms with Crippen molar-refractivity contribution in [1.82, 2.24) is 9.62 Å². The summed E-state index contributed by atoms with van der Waals surface area (Å²) in [5.74, 6) is 0.684. The molecule has 0 amide bonds. The van der Waals surface area contributed by atoms with Crippen molar-refractivity contribution in [2.75, 3.05) is 26.7 Å². The Labute approximate surface area is 172 Å². The minimum atomic E-state index is -3.67. The Hall–Kier alpha value is -2.22. The van der Waals surface area contributed by atoms with Gasteiger partial charge in [-0.2, -0.15) is 0 Å². The number of sulfonamides is 1. The number of hydrogen-bond donors (Lipinski definition) is 1. The molecule has 1 aliphatic rings. The van der Waals surface area contributed by atoms with Crippen LogP contribution in [0.1, 0.15) is 48.1 Å². The summed E-state index contributed by atoms with van der Waals surface area (Å²) in [6.45, 7) is 3.64. The van der Waals surface area contributed by atoms with Crippen LogP contribution in [-0.4, -0.2) is 45.8 Å². The van der Waals surface area contributed by atoms with Crippen molar-refractivity contribution in [3.05, 3.63) is 59.7 Å². The van der Waals surface area contributed by atoms with Gasteiger partial charge in [0.15, 0.2) is 5.78 Å². The number of benzene rings is 2. The van der Waals surface area contributed by atoms with E-state index in [9.17, 15) is 13.2 Å². The summed E-state index contributed by atoms with van der Waals surface area (Å²) in [7, 11) is -2.04. The fourth-order valence-electron chi connectivity index (χ4n) is 3.65. The van der Waals surface area contributed by atoms with Crippen LogP contribution in [0.2, 0.25) is 0 Å². The van der Waals surface area contributed by atoms with Crippen LogP contribution >= 0.6 is 0 Å². The minimum absolute atomic E-state index is 0.0486. The summed E-state index contributed by atoms with van der Waals surface area (Å²) < 4.78 is 33.6. The van der Waals surface area contributed by atoms with Crippen molar-refractivity contribution >= 4 is 15.8 Å². The number of nitrogens with one attached hydrogen (secondary N) is 1. The lowest BCUT2D eigenvalue weighted by molar-refractivity contribution is 0.101. The van der Waals surface area contributed by atoms with Crippen LogP contribution in [0.25, 0.3) is 0 Å². The maximum absolute atomic E-state index is 12.8. The van der Waals surface area contributed by atoms with Crippen molar-refractivity contribution in [3.63, 3.8) is 0 Å². The highest BCUT2D eigenvalue weighted by atomic mass is 32.2. The van der Waals surface area contributed by atoms with Crippen LogP contribution in [0.15, 0.2) is 53.4 Å². The molecule has 6 nitrogen and oxygen atoms in total. The third-order valence-corrected chi connectivity index (χ3v) is 6.81. The Bertz CT molecular complexity index is 918. The van der Waals surface area contributed by atoms with Gasteiger partial charge in [0.1, 0.15) is 5.75 Å². The van der Waals surface area contributed by atoms with Gasteiger partial charge in [0.25, 0.3) is 0 Å². The monoisotopic (exact) mass is 416 g/mol. The quantitative estimate of drug-likeness (QED) is 0.668. The Morgan fingerprint density at radius 1 is 1.03 bits per heavy atom. The molecule has 1 fully saturated rings. The SMILES string of the molecule is COc1ccc(C(CNS(=O)(=O)c2ccc(C(C)=O)cc2)N2CCCCC2)cc1. The average molecular weight is 417 g/mol. The van der Waals surface area contributed by atoms with E-state index >= 15 is 0 Å². The van der Waals surface area contributed by atoms with Crippen LogP contribution in [-0.2, 0) is 10.0 Å². The second kappa shape index (κ2) is 9.52. The number of methoxy groups -OCH3 is 1. The third kappa shape index (κ3) is 5.44. The van der Waals surface area contributed by atoms with Crippen molar-refractivity contribution < 1.29 is 17.9 Å². The number of nitrogens with zero attached hydrogens (tertiary/aromatic N) is 1. The van der Waals surface area contributed by atoms with Gasteiger partial charge in [-0.05, 0) is 62.7 Å². The molecular formula is C22H28N2O4S. The Morgan fingerprint density at radius 3 is 2.21 bits per heavy atom. The molecule has 0 aromatic heterocycles. The maximum Gasteiger partial charge on any atom is 0.240 e. The van der Waals surface area contributed by atoms with Gasteiger partial charge in [0.2, 0.25) is 10.0 Å². The van der Waals surface area contributed by atoms with Crippen LogP contribution in [0, 0.1) is 0 Å². The largest absolute Gasteiger partial charge is 0.497 e. The second-order valence-electron chi connectivity index (χ2n) is 7.32. The van der Waals surface area contributed by atoms with E-state index in [1.165, 1.54) is 25.5 Å². The molecule has 7 heteroatoms. The standard InChI is InChI=1S/C22H28N2O4S/c1-17(25)18-8-12-21(13-9-18)29(26,27)23-16-22(24-14-4-3-5-15-24)19-6-10-20(28-2)11-7-19/h6-13,22-23H,3-5,14-16H2,1-2H3. The molecule has 1 saturated heterocycles. The minimum Gasteiger partial charge on any atom is -0.497 e. The topological polar surface area (TPSA) is 75.7 Å². The summed E-state index contributed by atoms with van der Waals surface area (Å²) in [5.41, 5.74) is 1.55. The van der Waals surface area contributed by atoms with Crippen molar-refractivity contribution in [1.29, 1.82) is 0 Å². The number of carbonyl (C=O) groups excluding carboxylic acids is 1. The van der Waals surface area contributed by atoms with Crippen molar-refractivity contribution in [3.8, 4) is 5.75 Å². The summed E-state index contributed by atoms with van der Waals surface area (Å²) in [4.78, 5) is 13.9. The zero-order valence-corrected chi connectivity index (χ0v) is 17.7. The predicted octanol–water partition coefficient (Wildman–Crippen LogP) is 3.40. The molecule has 1 unspecified atom stereocenters. The van der Waals surface area contributed by atoms with Gasteiger partial charge in [-0.15, -0.1) is 0 Å². The third-order valence-electron chi connectivity index (χ3n) is 5.37. The molecule has 1 atom stereocenters. The number of Topliss-reactive ketones (excluding diaryl/α,β-unsaturated/α-hetero) is 1. The van der Waals surface area contributed by atoms with Crippen LogP contribution < -0.4 is 9.46 Å². The molecule has 2 aromatic carbocycles. The molecule has 2 aromatic rings. The second-order valence-corrected chi connectivity index (χ2v) is 9.09. The first-order valence-corrected chi connectivity index (χ1v) is 11.4. The zero-order chi connectivity index (χ0) is 20.9. The fourth-order valence-corrected chi connectivity index (χ4v) is 4.69. The number of ether oxygens (including phenoxy) is 1. The first-order chi connectivity index (χ1) is 13.9. The zero-order valence-electron chi connectivity index (χ0n) is 16.9. The number of likely N-dealkylation sites (tertiary alicyclic amines) is 1. The van der Waals surface area contributed by atoms with Crippen LogP contribution in [0.3, 0.4) is 0 Å². The van der Waals surface area contributed by atoms with Gasteiger partial charge in [-0.25, -0.2) is 13.1 Å². The van der Waals surface area contributed by atoms with E-state index in [-0.39, 0.29) is 23.3 Å². The van der Waals surface area contributed by atoms with Gasteiger partial charge in [0.05, 0.1) is 12.0 Å². The van der Waals surface area contributed by atoms with E-state index in [1.54, 1.807) is 19.2 Å². The molecule has 0 spiro atoms. The predicted molar refractivity (Wildman–Crippen MR) is 113 cm³/mol. The summed E-state index contributed by atoms with van der Waals surface area (Å²) in [6, 6.07) is 13.8. The number of rotatable bonds is 8. The lowest BCUT2D eigenvalue weighted by atomic mass is 10.0. The molecule has 156 valence electrons. The van der Waals surface area contributed by atoms with Gasteiger partial charge >= 0.3 is 0 Å². The smallest absolute Gasteiger partial charge is 0.240 e. The lowest BCUT2D eigenvalue weighted by Crippen LogP contribution is -2.40. The highest BCUT2D eigenvalue weighted by Gasteiger charge is 2.25. The molecule has 0 saturated carbocycles. The first kappa shape index (κ1) is 21.5. The Balaban J connectivity index is 1.78. The number of carbonyl (C=O) groups is 1. The fraction of sp³-hybridized carbons (Fsp3) is 0.409. The Kier molecular flexibility index (Phi) is 7.05. The van der Waals surface area contributed by atoms with Crippen LogP contribution in [0.4, 0.5) is 0 Å². The molecule has 29 heavy (non-hydrogen) atoms. The molecule has 0 bridgehead atoms. The van der Waals surface area contributed by atoms with E-state index < -0.39 is 10.0 Å². The van der Waals surface area contributed by atoms with Gasteiger partial charge in [0, 0.05) is 18.2 Å². The van der Waals surface area contributed by atoms with Crippen LogP contribution in [0.5, 0.6) is 5.75 Å². The normalized spacial score (nSPS) is 16.3. The van der Waals surface area contributed by atoms with Crippen molar-refractivity contribution in [2.45, 2.75) is 37.1 Å². The van der Waals surface area contributed by atoms with Gasteiger partial charge < -0.3 is 4.74 Å². The number of ketones is 1. The number of hydrogen-bond acceptors (Lipinski definition) is 5. The lowest BCUT2D eigenvalue weighted by Gasteiger charge is -2.35. The highest BCUT2D eigenvalue weighted by molar-refractivity contribution is 7.89. The number of piperidine rings is 1. The molecule has 3 rings (SSSR count). The Morgan fingerprint density at radius 2 is 1.66 bits per heavy atom. The van der Waals surface area contributed by atoms with E-state index in [0.29, 0.717) is 5.56 Å². The average Bonchev–Trinajstić information content (AvgIpc) is 2.75. The molecule has 0 aliphatic carbocycles. The molecule has 1 heterocycles. The molecule has 0 radical (unpaired) electrons. The van der Waals surface area contributed by atoms with Gasteiger partial charge in [-0.1, -0.05) is 30.7 Å². The molecule has 1 N–H and O–H groups in total. The summed E-state index contributed by atoms with van der Waals surface area (Å²) in [6.07, 6.45) is 3.44.